The Kier molecular flexibility index (Phi) is 5.84. The predicted octanol–water partition coefficient (Wildman–Crippen LogP) is 2.89. The number of nitrogens with zero attached hydrogens (tertiary/aromatic N) is 2. The van der Waals surface area contributed by atoms with Crippen LogP contribution < -0.4 is 4.74 Å². The Hall–Kier alpha value is -1.75. The lowest BCUT2D eigenvalue weighted by Crippen LogP contribution is -2.45. The number of amides is 2. The van der Waals surface area contributed by atoms with Crippen LogP contribution in [0.15, 0.2) is 18.2 Å². The van der Waals surface area contributed by atoms with Gasteiger partial charge in [-0.2, -0.15) is 0 Å². The van der Waals surface area contributed by atoms with Crippen molar-refractivity contribution in [2.24, 2.45) is 5.92 Å². The van der Waals surface area contributed by atoms with Gasteiger partial charge in [-0.3, -0.25) is 9.59 Å². The first kappa shape index (κ1) is 18.1. The quantitative estimate of drug-likeness (QED) is 0.825. The lowest BCUT2D eigenvalue weighted by Gasteiger charge is -2.33. The number of benzene rings is 1. The van der Waals surface area contributed by atoms with Gasteiger partial charge in [0.25, 0.3) is 5.91 Å². The molecular formula is C19H25ClN2O3. The molecule has 6 heteroatoms. The summed E-state index contributed by atoms with van der Waals surface area (Å²) in [5.74, 6) is 0.966. The molecule has 0 atom stereocenters. The van der Waals surface area contributed by atoms with E-state index in [1.807, 2.05) is 17.9 Å². The summed E-state index contributed by atoms with van der Waals surface area (Å²) in [7, 11) is 0. The van der Waals surface area contributed by atoms with E-state index in [-0.39, 0.29) is 24.3 Å². The van der Waals surface area contributed by atoms with Gasteiger partial charge >= 0.3 is 0 Å². The van der Waals surface area contributed by atoms with Crippen LogP contribution in [0.3, 0.4) is 0 Å². The number of carbonyl (C=O) groups excluding carboxylic acids is 2. The molecular weight excluding hydrogens is 340 g/mol. The van der Waals surface area contributed by atoms with Gasteiger partial charge in [-0.25, -0.2) is 0 Å². The Bertz CT molecular complexity index is 636. The number of carbonyl (C=O) groups is 2. The van der Waals surface area contributed by atoms with E-state index in [1.54, 1.807) is 17.0 Å². The number of likely N-dealkylation sites (tertiary alicyclic amines) is 2. The van der Waals surface area contributed by atoms with E-state index >= 15 is 0 Å². The maximum Gasteiger partial charge on any atom is 0.260 e. The molecule has 0 N–H and O–H groups in total. The maximum absolute atomic E-state index is 12.4. The van der Waals surface area contributed by atoms with E-state index in [9.17, 15) is 9.59 Å². The molecule has 2 aliphatic heterocycles. The van der Waals surface area contributed by atoms with Crippen LogP contribution >= 0.6 is 11.6 Å². The van der Waals surface area contributed by atoms with E-state index in [0.717, 1.165) is 44.3 Å². The summed E-state index contributed by atoms with van der Waals surface area (Å²) < 4.78 is 5.59. The number of rotatable bonds is 4. The fourth-order valence-electron chi connectivity index (χ4n) is 3.51. The minimum Gasteiger partial charge on any atom is -0.484 e. The zero-order valence-electron chi connectivity index (χ0n) is 14.7. The third-order valence-electron chi connectivity index (χ3n) is 5.11. The minimum absolute atomic E-state index is 0.0197. The Morgan fingerprint density at radius 3 is 2.44 bits per heavy atom. The molecule has 0 saturated carbocycles. The number of halogens is 1. The van der Waals surface area contributed by atoms with Crippen LogP contribution in [-0.4, -0.2) is 54.4 Å². The molecule has 136 valence electrons. The van der Waals surface area contributed by atoms with Crippen molar-refractivity contribution in [3.63, 3.8) is 0 Å². The zero-order chi connectivity index (χ0) is 17.8. The lowest BCUT2D eigenvalue weighted by atomic mass is 9.95. The van der Waals surface area contributed by atoms with Gasteiger partial charge in [0.1, 0.15) is 5.75 Å². The van der Waals surface area contributed by atoms with E-state index in [2.05, 4.69) is 0 Å². The molecule has 0 radical (unpaired) electrons. The highest BCUT2D eigenvalue weighted by molar-refractivity contribution is 6.31. The van der Waals surface area contributed by atoms with Gasteiger partial charge < -0.3 is 14.5 Å². The number of aryl methyl sites for hydroxylation is 1. The van der Waals surface area contributed by atoms with E-state index in [0.29, 0.717) is 23.9 Å². The van der Waals surface area contributed by atoms with Crippen molar-refractivity contribution < 1.29 is 14.3 Å². The Balaban J connectivity index is 1.44. The Morgan fingerprint density at radius 2 is 1.80 bits per heavy atom. The van der Waals surface area contributed by atoms with Crippen molar-refractivity contribution in [2.75, 3.05) is 32.8 Å². The van der Waals surface area contributed by atoms with Crippen LogP contribution in [-0.2, 0) is 9.59 Å². The summed E-state index contributed by atoms with van der Waals surface area (Å²) in [6.45, 7) is 4.97. The van der Waals surface area contributed by atoms with Crippen LogP contribution in [0.4, 0.5) is 0 Å². The molecule has 0 bridgehead atoms. The number of ether oxygens (including phenoxy) is 1. The van der Waals surface area contributed by atoms with Crippen molar-refractivity contribution in [1.29, 1.82) is 0 Å². The molecule has 5 nitrogen and oxygen atoms in total. The molecule has 2 heterocycles. The van der Waals surface area contributed by atoms with E-state index in [1.165, 1.54) is 0 Å². The first-order valence-electron chi connectivity index (χ1n) is 9.00. The molecule has 2 saturated heterocycles. The van der Waals surface area contributed by atoms with Crippen LogP contribution in [0.1, 0.15) is 31.2 Å². The second-order valence-electron chi connectivity index (χ2n) is 6.89. The highest BCUT2D eigenvalue weighted by atomic mass is 35.5. The second-order valence-corrected chi connectivity index (χ2v) is 7.29. The average Bonchev–Trinajstić information content (AvgIpc) is 3.16. The monoisotopic (exact) mass is 364 g/mol. The summed E-state index contributed by atoms with van der Waals surface area (Å²) >= 11 is 5.99. The third-order valence-corrected chi connectivity index (χ3v) is 5.53. The molecule has 2 fully saturated rings. The molecule has 2 aliphatic rings. The Morgan fingerprint density at radius 1 is 1.12 bits per heavy atom. The fourth-order valence-corrected chi connectivity index (χ4v) is 3.63. The summed E-state index contributed by atoms with van der Waals surface area (Å²) in [6, 6.07) is 5.37. The Labute approximate surface area is 153 Å². The summed E-state index contributed by atoms with van der Waals surface area (Å²) in [4.78, 5) is 28.6. The average molecular weight is 365 g/mol. The van der Waals surface area contributed by atoms with Crippen molar-refractivity contribution in [2.45, 2.75) is 32.6 Å². The number of hydrogen-bond donors (Lipinski definition) is 0. The summed E-state index contributed by atoms with van der Waals surface area (Å²) in [6.07, 6.45) is 3.73. The molecule has 0 spiro atoms. The minimum atomic E-state index is -0.0281. The highest BCUT2D eigenvalue weighted by Gasteiger charge is 2.31. The van der Waals surface area contributed by atoms with Crippen molar-refractivity contribution >= 4 is 23.4 Å². The first-order valence-corrected chi connectivity index (χ1v) is 9.38. The van der Waals surface area contributed by atoms with Gasteiger partial charge in [0, 0.05) is 37.1 Å². The highest BCUT2D eigenvalue weighted by Crippen LogP contribution is 2.23. The van der Waals surface area contributed by atoms with Gasteiger partial charge in [-0.1, -0.05) is 11.6 Å². The van der Waals surface area contributed by atoms with Crippen LogP contribution in [0, 0.1) is 12.8 Å². The van der Waals surface area contributed by atoms with Gasteiger partial charge in [0.05, 0.1) is 0 Å². The van der Waals surface area contributed by atoms with Crippen LogP contribution in [0.5, 0.6) is 5.75 Å². The zero-order valence-corrected chi connectivity index (χ0v) is 15.4. The van der Waals surface area contributed by atoms with Crippen molar-refractivity contribution in [3.05, 3.63) is 28.8 Å². The molecule has 25 heavy (non-hydrogen) atoms. The first-order chi connectivity index (χ1) is 12.0. The van der Waals surface area contributed by atoms with Crippen molar-refractivity contribution in [3.8, 4) is 5.75 Å². The summed E-state index contributed by atoms with van der Waals surface area (Å²) in [5, 5.41) is 0.684. The molecule has 0 aromatic heterocycles. The standard InChI is InChI=1S/C19H25ClN2O3/c1-14-12-16(4-5-17(14)20)25-13-18(23)21-10-6-15(7-11-21)19(24)22-8-2-3-9-22/h4-5,12,15H,2-3,6-11,13H2,1H3. The maximum atomic E-state index is 12.4. The van der Waals surface area contributed by atoms with E-state index < -0.39 is 0 Å². The fraction of sp³-hybridized carbons (Fsp3) is 0.579. The van der Waals surface area contributed by atoms with Gasteiger partial charge in [0.15, 0.2) is 6.61 Å². The van der Waals surface area contributed by atoms with Gasteiger partial charge in [0.2, 0.25) is 5.91 Å². The lowest BCUT2D eigenvalue weighted by molar-refractivity contribution is -0.140. The second kappa shape index (κ2) is 8.09. The topological polar surface area (TPSA) is 49.9 Å². The number of hydrogen-bond acceptors (Lipinski definition) is 3. The third kappa shape index (κ3) is 4.46. The van der Waals surface area contributed by atoms with Gasteiger partial charge in [-0.15, -0.1) is 0 Å². The van der Waals surface area contributed by atoms with Gasteiger partial charge in [-0.05, 0) is 56.4 Å². The number of piperidine rings is 1. The summed E-state index contributed by atoms with van der Waals surface area (Å²) in [5.41, 5.74) is 0.924. The molecule has 1 aromatic carbocycles. The predicted molar refractivity (Wildman–Crippen MR) is 96.8 cm³/mol. The van der Waals surface area contributed by atoms with E-state index in [4.69, 9.17) is 16.3 Å². The normalized spacial score (nSPS) is 18.5. The SMILES string of the molecule is Cc1cc(OCC(=O)N2CCC(C(=O)N3CCCC3)CC2)ccc1Cl. The van der Waals surface area contributed by atoms with Crippen molar-refractivity contribution in [1.82, 2.24) is 9.80 Å². The van der Waals surface area contributed by atoms with Crippen LogP contribution in [0.2, 0.25) is 5.02 Å². The smallest absolute Gasteiger partial charge is 0.260 e. The largest absolute Gasteiger partial charge is 0.484 e. The molecule has 2 amide bonds. The molecule has 1 aromatic rings. The molecule has 3 rings (SSSR count). The van der Waals surface area contributed by atoms with Crippen LogP contribution in [0.25, 0.3) is 0 Å². The molecule has 0 unspecified atom stereocenters. The molecule has 0 aliphatic carbocycles.